The van der Waals surface area contributed by atoms with Crippen molar-refractivity contribution >= 4 is 36.6 Å². The molecular weight excluding hydrogens is 458 g/mol. The number of amides is 1. The third-order valence-corrected chi connectivity index (χ3v) is 5.65. The molecule has 0 radical (unpaired) electrons. The average molecular weight is 484 g/mol. The summed E-state index contributed by atoms with van der Waals surface area (Å²) in [5.74, 6) is -0.792. The van der Waals surface area contributed by atoms with Gasteiger partial charge in [-0.1, -0.05) is 29.4 Å². The molecule has 1 amide bonds. The molecule has 2 aliphatic heterocycles. The summed E-state index contributed by atoms with van der Waals surface area (Å²) in [5, 5.41) is 34.0. The molecular formula is C24H25N11O. The highest BCUT2D eigenvalue weighted by Gasteiger charge is 2.29. The third kappa shape index (κ3) is 5.57. The largest absolute Gasteiger partial charge is 0.384 e. The lowest BCUT2D eigenvalue weighted by atomic mass is 9.99. The quantitative estimate of drug-likeness (QED) is 0.151. The summed E-state index contributed by atoms with van der Waals surface area (Å²) in [6.45, 7) is 1.18. The minimum absolute atomic E-state index is 0.252. The molecule has 2 aromatic rings. The topological polar surface area (TPSA) is 178 Å². The van der Waals surface area contributed by atoms with Crippen molar-refractivity contribution in [1.29, 1.82) is 10.8 Å². The number of nitrogens with zero attached hydrogens (tertiary/aromatic N) is 6. The van der Waals surface area contributed by atoms with Crippen LogP contribution in [-0.2, 0) is 6.54 Å². The Kier molecular flexibility index (Phi) is 7.69. The van der Waals surface area contributed by atoms with Gasteiger partial charge in [0, 0.05) is 41.9 Å². The van der Waals surface area contributed by atoms with Gasteiger partial charge < -0.3 is 26.8 Å². The van der Waals surface area contributed by atoms with E-state index in [1.807, 2.05) is 30.3 Å². The van der Waals surface area contributed by atoms with E-state index < -0.39 is 12.1 Å². The van der Waals surface area contributed by atoms with Gasteiger partial charge in [0.25, 0.3) is 5.91 Å². The summed E-state index contributed by atoms with van der Waals surface area (Å²) in [5.41, 5.74) is 12.8. The lowest BCUT2D eigenvalue weighted by Crippen LogP contribution is -2.44. The third-order valence-electron chi connectivity index (χ3n) is 5.65. The predicted molar refractivity (Wildman–Crippen MR) is 141 cm³/mol. The zero-order chi connectivity index (χ0) is 25.3. The van der Waals surface area contributed by atoms with Crippen LogP contribution in [0.3, 0.4) is 0 Å². The van der Waals surface area contributed by atoms with Crippen LogP contribution in [0.1, 0.15) is 15.9 Å². The summed E-state index contributed by atoms with van der Waals surface area (Å²) < 4.78 is 0. The first kappa shape index (κ1) is 24.2. The Morgan fingerprint density at radius 1 is 1.25 bits per heavy atom. The van der Waals surface area contributed by atoms with Crippen LogP contribution in [0, 0.1) is 16.7 Å². The van der Waals surface area contributed by atoms with E-state index in [1.54, 1.807) is 29.6 Å². The van der Waals surface area contributed by atoms with Crippen LogP contribution in [0.2, 0.25) is 0 Å². The van der Waals surface area contributed by atoms with Gasteiger partial charge in [-0.25, -0.2) is 5.01 Å². The Labute approximate surface area is 207 Å². The van der Waals surface area contributed by atoms with Gasteiger partial charge in [0.15, 0.2) is 0 Å². The van der Waals surface area contributed by atoms with Crippen molar-refractivity contribution in [3.05, 3.63) is 75.9 Å². The molecule has 0 aliphatic carbocycles. The van der Waals surface area contributed by atoms with Crippen LogP contribution in [0.4, 0.5) is 5.69 Å². The summed E-state index contributed by atoms with van der Waals surface area (Å²) in [4.78, 5) is 20.2. The van der Waals surface area contributed by atoms with Gasteiger partial charge in [0.2, 0.25) is 0 Å². The fourth-order valence-corrected chi connectivity index (χ4v) is 3.80. The number of nitrogens with one attached hydrogen (secondary N) is 5. The molecule has 2 aliphatic rings. The number of carbonyl (C=O) groups excluding carboxylic acids is 1. The fraction of sp³-hybridized carbons (Fsp3) is 0.208. The molecule has 12 nitrogen and oxygen atoms in total. The van der Waals surface area contributed by atoms with E-state index in [-0.39, 0.29) is 19.0 Å². The molecule has 12 heteroatoms. The maximum Gasteiger partial charge on any atom is 0.251 e. The van der Waals surface area contributed by atoms with Crippen molar-refractivity contribution in [2.45, 2.75) is 12.7 Å². The van der Waals surface area contributed by atoms with Gasteiger partial charge >= 0.3 is 0 Å². The molecule has 2 heterocycles. The van der Waals surface area contributed by atoms with Crippen molar-refractivity contribution in [2.75, 3.05) is 18.1 Å². The highest BCUT2D eigenvalue weighted by atomic mass is 16.1. The number of anilines is 1. The molecule has 0 saturated heterocycles. The number of carbonyl (C=O) groups is 1. The lowest BCUT2D eigenvalue weighted by Gasteiger charge is -2.27. The maximum absolute atomic E-state index is 13.1. The van der Waals surface area contributed by atoms with Crippen molar-refractivity contribution in [3.8, 4) is 11.1 Å². The Hall–Kier alpha value is -4.96. The Morgan fingerprint density at radius 2 is 2.06 bits per heavy atom. The van der Waals surface area contributed by atoms with Gasteiger partial charge in [0.05, 0.1) is 30.4 Å². The van der Waals surface area contributed by atoms with E-state index in [1.165, 1.54) is 18.8 Å². The fourth-order valence-electron chi connectivity index (χ4n) is 3.80. The molecule has 1 atom stereocenters. The number of hydrazone groups is 1. The van der Waals surface area contributed by atoms with Crippen LogP contribution in [0.15, 0.2) is 69.6 Å². The van der Waals surface area contributed by atoms with E-state index in [0.717, 1.165) is 22.4 Å². The highest BCUT2D eigenvalue weighted by molar-refractivity contribution is 5.97. The van der Waals surface area contributed by atoms with E-state index in [2.05, 4.69) is 36.1 Å². The zero-order valence-corrected chi connectivity index (χ0v) is 19.3. The molecule has 0 saturated carbocycles. The van der Waals surface area contributed by atoms with Crippen molar-refractivity contribution in [3.63, 3.8) is 0 Å². The lowest BCUT2D eigenvalue weighted by molar-refractivity contribution is 0.0957. The van der Waals surface area contributed by atoms with Crippen LogP contribution in [-0.4, -0.2) is 50.1 Å². The minimum atomic E-state index is -0.517. The van der Waals surface area contributed by atoms with Crippen molar-refractivity contribution in [2.24, 2.45) is 21.1 Å². The molecule has 0 spiro atoms. The van der Waals surface area contributed by atoms with Crippen molar-refractivity contribution < 1.29 is 4.79 Å². The van der Waals surface area contributed by atoms with E-state index in [4.69, 9.17) is 16.3 Å². The van der Waals surface area contributed by atoms with Gasteiger partial charge in [-0.3, -0.25) is 9.79 Å². The van der Waals surface area contributed by atoms with Crippen molar-refractivity contribution in [1.82, 2.24) is 16.0 Å². The summed E-state index contributed by atoms with van der Waals surface area (Å²) in [7, 11) is 0. The molecule has 0 aromatic heterocycles. The normalized spacial score (nSPS) is 16.7. The molecule has 0 fully saturated rings. The first-order valence-electron chi connectivity index (χ1n) is 11.2. The van der Waals surface area contributed by atoms with Crippen LogP contribution < -0.4 is 21.0 Å². The second-order valence-electron chi connectivity index (χ2n) is 8.00. The van der Waals surface area contributed by atoms with E-state index >= 15 is 0 Å². The van der Waals surface area contributed by atoms with E-state index in [9.17, 15) is 4.79 Å². The Morgan fingerprint density at radius 3 is 2.75 bits per heavy atom. The minimum Gasteiger partial charge on any atom is -0.384 e. The predicted octanol–water partition coefficient (Wildman–Crippen LogP) is 3.00. The maximum atomic E-state index is 13.1. The van der Waals surface area contributed by atoms with Gasteiger partial charge in [0.1, 0.15) is 12.5 Å². The first-order valence-corrected chi connectivity index (χ1v) is 11.2. The average Bonchev–Trinajstić information content (AvgIpc) is 3.41. The number of hydrogen-bond donors (Lipinski definition) is 5. The molecule has 4 rings (SSSR count). The number of aliphatic imine (C=N–C) groups is 1. The summed E-state index contributed by atoms with van der Waals surface area (Å²) >= 11 is 0. The first-order chi connectivity index (χ1) is 17.6. The summed E-state index contributed by atoms with van der Waals surface area (Å²) in [6, 6.07) is 13.0. The Balaban J connectivity index is 1.67. The monoisotopic (exact) mass is 483 g/mol. The van der Waals surface area contributed by atoms with E-state index in [0.29, 0.717) is 17.8 Å². The van der Waals surface area contributed by atoms with Gasteiger partial charge in [-0.2, -0.15) is 5.10 Å². The highest BCUT2D eigenvalue weighted by Crippen LogP contribution is 2.30. The number of hydrogen-bond acceptors (Lipinski definition) is 9. The van der Waals surface area contributed by atoms with Crippen LogP contribution in [0.5, 0.6) is 0 Å². The molecule has 1 unspecified atom stereocenters. The smallest absolute Gasteiger partial charge is 0.251 e. The molecule has 36 heavy (non-hydrogen) atoms. The molecule has 2 aromatic carbocycles. The van der Waals surface area contributed by atoms with Gasteiger partial charge in [-0.15, -0.1) is 0 Å². The molecule has 5 N–H and O–H groups in total. The van der Waals surface area contributed by atoms with Crippen LogP contribution in [0.25, 0.3) is 21.6 Å². The zero-order valence-electron chi connectivity index (χ0n) is 19.3. The molecule has 182 valence electrons. The summed E-state index contributed by atoms with van der Waals surface area (Å²) in [6.07, 6.45) is 6.92. The second-order valence-corrected chi connectivity index (χ2v) is 8.00. The standard InChI is InChI=1S/C24H25N11O/c25-10-20(11-26)23-31-15-33-35(23)22-8-18(17-3-1-16(2-4-17)12-32-34-27)7-19(9-22)24(36)30-14-21-13-28-5-6-29-21/h1-4,6-11,13,15,20,23,25-26,28H,5,12,14H2,(H,30,36)(H,31,33). The second kappa shape index (κ2) is 11.4. The number of azide groups is 1. The SMILES string of the molecule is [N-]=[N+]=NCc1ccc(-c2cc(C(=O)NCC3=CNCC=N3)cc(N3N=CNC3C(C=N)C=N)c2)cc1. The van der Waals surface area contributed by atoms with Gasteiger partial charge in [-0.05, 0) is 40.4 Å². The number of benzene rings is 2. The Bertz CT molecular complexity index is 1270. The number of rotatable bonds is 10. The van der Waals surface area contributed by atoms with Crippen LogP contribution >= 0.6 is 0 Å². The molecule has 0 bridgehead atoms.